The Bertz CT molecular complexity index is 1560. The molecule has 1 amide bonds. The number of piperazine rings is 1. The van der Waals surface area contributed by atoms with Gasteiger partial charge in [-0.05, 0) is 44.5 Å². The SMILES string of the molecule is O=C(c1cc(CN2CCC2)nc(C(F)(F)F)n1)N1CCN(C2CC(n3cc(-c4ncnc5[nH]ccc45)cn3)C2)CC1. The summed E-state index contributed by atoms with van der Waals surface area (Å²) in [6.07, 6.45) is 5.44. The fourth-order valence-corrected chi connectivity index (χ4v) is 5.87. The first-order valence-corrected chi connectivity index (χ1v) is 13.9. The first kappa shape index (κ1) is 26.0. The van der Waals surface area contributed by atoms with Crippen LogP contribution >= 0.6 is 0 Å². The summed E-state index contributed by atoms with van der Waals surface area (Å²) in [5.41, 5.74) is 2.62. The Balaban J connectivity index is 0.959. The van der Waals surface area contributed by atoms with E-state index in [1.54, 1.807) is 11.2 Å². The molecule has 0 aromatic carbocycles. The molecule has 1 saturated carbocycles. The van der Waals surface area contributed by atoms with Gasteiger partial charge in [-0.25, -0.2) is 19.9 Å². The molecule has 3 aliphatic rings. The van der Waals surface area contributed by atoms with Crippen molar-refractivity contribution in [3.63, 3.8) is 0 Å². The second kappa shape index (κ2) is 10.2. The molecule has 7 rings (SSSR count). The minimum absolute atomic E-state index is 0.185. The predicted octanol–water partition coefficient (Wildman–Crippen LogP) is 3.00. The highest BCUT2D eigenvalue weighted by atomic mass is 19.4. The highest BCUT2D eigenvalue weighted by molar-refractivity contribution is 5.92. The number of aromatic nitrogens is 7. The number of halogens is 3. The van der Waals surface area contributed by atoms with E-state index in [9.17, 15) is 18.0 Å². The summed E-state index contributed by atoms with van der Waals surface area (Å²) in [7, 11) is 0. The molecular formula is C27H29F3N10O. The Kier molecular flexibility index (Phi) is 6.46. The standard InChI is InChI=1S/C27H29F3N10O/c28-27(29,30)26-35-18(15-37-4-1-5-37)10-22(36-26)25(41)39-8-6-38(7-9-39)19-11-20(12-19)40-14-17(13-34-40)23-21-2-3-31-24(21)33-16-32-23/h2-3,10,13-14,16,19-20H,1,4-9,11-12,15H2,(H,31,32,33). The number of aromatic amines is 1. The topological polar surface area (TPSA) is 112 Å². The molecule has 1 aliphatic carbocycles. The fraction of sp³-hybridized carbons (Fsp3) is 0.481. The number of amides is 1. The van der Waals surface area contributed by atoms with Crippen molar-refractivity contribution in [2.24, 2.45) is 0 Å². The van der Waals surface area contributed by atoms with Crippen molar-refractivity contribution in [2.45, 2.75) is 44.1 Å². The van der Waals surface area contributed by atoms with Crippen LogP contribution in [0.3, 0.4) is 0 Å². The highest BCUT2D eigenvalue weighted by Gasteiger charge is 2.39. The summed E-state index contributed by atoms with van der Waals surface area (Å²) in [5.74, 6) is -1.73. The Hall–Kier alpha value is -3.91. The smallest absolute Gasteiger partial charge is 0.346 e. The molecule has 1 N–H and O–H groups in total. The zero-order chi connectivity index (χ0) is 28.1. The summed E-state index contributed by atoms with van der Waals surface area (Å²) in [4.78, 5) is 38.3. The third kappa shape index (κ3) is 5.05. The number of fused-ring (bicyclic) bond motifs is 1. The second-order valence-corrected chi connectivity index (χ2v) is 11.0. The number of nitrogens with zero attached hydrogens (tertiary/aromatic N) is 9. The van der Waals surface area contributed by atoms with Gasteiger partial charge in [-0.3, -0.25) is 19.3 Å². The maximum atomic E-state index is 13.5. The van der Waals surface area contributed by atoms with E-state index in [0.717, 1.165) is 54.6 Å². The van der Waals surface area contributed by atoms with E-state index in [2.05, 4.69) is 34.9 Å². The molecule has 14 heteroatoms. The number of H-pyrrole nitrogens is 1. The molecule has 0 bridgehead atoms. The van der Waals surface area contributed by atoms with Gasteiger partial charge in [-0.2, -0.15) is 18.3 Å². The third-order valence-electron chi connectivity index (χ3n) is 8.40. The first-order valence-electron chi connectivity index (χ1n) is 13.9. The van der Waals surface area contributed by atoms with Crippen molar-refractivity contribution in [2.75, 3.05) is 39.3 Å². The fourth-order valence-electron chi connectivity index (χ4n) is 5.87. The quantitative estimate of drug-likeness (QED) is 0.379. The molecule has 2 saturated heterocycles. The van der Waals surface area contributed by atoms with Gasteiger partial charge in [-0.15, -0.1) is 0 Å². The van der Waals surface area contributed by atoms with E-state index in [1.165, 1.54) is 6.07 Å². The average Bonchev–Trinajstić information content (AvgIpc) is 3.59. The number of carbonyl (C=O) groups excluding carboxylic acids is 1. The summed E-state index contributed by atoms with van der Waals surface area (Å²) < 4.78 is 42.4. The van der Waals surface area contributed by atoms with Crippen molar-refractivity contribution in [1.82, 2.24) is 49.4 Å². The molecule has 4 aromatic rings. The van der Waals surface area contributed by atoms with Gasteiger partial charge >= 0.3 is 6.18 Å². The number of hydrogen-bond acceptors (Lipinski definition) is 8. The van der Waals surface area contributed by atoms with Crippen molar-refractivity contribution in [3.8, 4) is 11.3 Å². The van der Waals surface area contributed by atoms with Crippen LogP contribution in [0.2, 0.25) is 0 Å². The number of nitrogens with one attached hydrogen (secondary N) is 1. The summed E-state index contributed by atoms with van der Waals surface area (Å²) >= 11 is 0. The van der Waals surface area contributed by atoms with Crippen LogP contribution in [0.1, 0.15) is 47.3 Å². The molecule has 0 radical (unpaired) electrons. The van der Waals surface area contributed by atoms with E-state index in [4.69, 9.17) is 0 Å². The van der Waals surface area contributed by atoms with Crippen molar-refractivity contribution >= 4 is 16.9 Å². The Morgan fingerprint density at radius 1 is 1.02 bits per heavy atom. The predicted molar refractivity (Wildman–Crippen MR) is 142 cm³/mol. The van der Waals surface area contributed by atoms with Gasteiger partial charge in [0.1, 0.15) is 17.7 Å². The minimum atomic E-state index is -4.71. The molecule has 4 aromatic heterocycles. The third-order valence-corrected chi connectivity index (χ3v) is 8.40. The monoisotopic (exact) mass is 566 g/mol. The lowest BCUT2D eigenvalue weighted by Crippen LogP contribution is -2.55. The normalized spacial score (nSPS) is 22.1. The van der Waals surface area contributed by atoms with Crippen molar-refractivity contribution in [1.29, 1.82) is 0 Å². The van der Waals surface area contributed by atoms with E-state index in [0.29, 0.717) is 32.2 Å². The number of carbonyl (C=O) groups is 1. The average molecular weight is 567 g/mol. The summed E-state index contributed by atoms with van der Waals surface area (Å²) in [6.45, 7) is 4.14. The lowest BCUT2D eigenvalue weighted by atomic mass is 9.85. The van der Waals surface area contributed by atoms with Crippen LogP contribution < -0.4 is 0 Å². The Morgan fingerprint density at radius 2 is 1.83 bits per heavy atom. The van der Waals surface area contributed by atoms with Crippen LogP contribution in [0, 0.1) is 0 Å². The minimum Gasteiger partial charge on any atom is -0.346 e. The highest BCUT2D eigenvalue weighted by Crippen LogP contribution is 2.37. The van der Waals surface area contributed by atoms with Crippen LogP contribution in [0.25, 0.3) is 22.3 Å². The zero-order valence-electron chi connectivity index (χ0n) is 22.3. The molecule has 6 heterocycles. The maximum Gasteiger partial charge on any atom is 0.451 e. The second-order valence-electron chi connectivity index (χ2n) is 11.0. The molecule has 214 valence electrons. The van der Waals surface area contributed by atoms with E-state index >= 15 is 0 Å². The van der Waals surface area contributed by atoms with Gasteiger partial charge in [0.05, 0.1) is 23.6 Å². The molecule has 3 fully saturated rings. The number of alkyl halides is 3. The molecule has 0 spiro atoms. The number of rotatable bonds is 6. The largest absolute Gasteiger partial charge is 0.451 e. The summed E-state index contributed by atoms with van der Waals surface area (Å²) in [6, 6.07) is 4.03. The van der Waals surface area contributed by atoms with Crippen LogP contribution in [-0.2, 0) is 12.7 Å². The van der Waals surface area contributed by atoms with Crippen LogP contribution in [0.5, 0.6) is 0 Å². The van der Waals surface area contributed by atoms with E-state index in [1.807, 2.05) is 34.2 Å². The number of hydrogen-bond donors (Lipinski definition) is 1. The van der Waals surface area contributed by atoms with Crippen LogP contribution in [-0.4, -0.2) is 101 Å². The van der Waals surface area contributed by atoms with Gasteiger partial charge < -0.3 is 9.88 Å². The van der Waals surface area contributed by atoms with E-state index < -0.39 is 17.9 Å². The zero-order valence-corrected chi connectivity index (χ0v) is 22.3. The lowest BCUT2D eigenvalue weighted by molar-refractivity contribution is -0.145. The van der Waals surface area contributed by atoms with Crippen molar-refractivity contribution < 1.29 is 18.0 Å². The summed E-state index contributed by atoms with van der Waals surface area (Å²) in [5, 5.41) is 5.55. The first-order chi connectivity index (χ1) is 19.8. The van der Waals surface area contributed by atoms with E-state index in [-0.39, 0.29) is 24.0 Å². The number of likely N-dealkylation sites (tertiary alicyclic amines) is 1. The van der Waals surface area contributed by atoms with Gasteiger partial charge in [0.2, 0.25) is 5.82 Å². The van der Waals surface area contributed by atoms with Gasteiger partial charge in [-0.1, -0.05) is 0 Å². The lowest BCUT2D eigenvalue weighted by Gasteiger charge is -2.46. The van der Waals surface area contributed by atoms with Crippen molar-refractivity contribution in [3.05, 3.63) is 54.3 Å². The molecule has 2 aliphatic heterocycles. The molecule has 0 atom stereocenters. The maximum absolute atomic E-state index is 13.5. The van der Waals surface area contributed by atoms with Crippen LogP contribution in [0.15, 0.2) is 37.1 Å². The van der Waals surface area contributed by atoms with Gasteiger partial charge in [0.15, 0.2) is 0 Å². The molecule has 11 nitrogen and oxygen atoms in total. The molecule has 41 heavy (non-hydrogen) atoms. The molecule has 0 unspecified atom stereocenters. The molecular weight excluding hydrogens is 537 g/mol. The Morgan fingerprint density at radius 3 is 2.56 bits per heavy atom. The van der Waals surface area contributed by atoms with Gasteiger partial charge in [0.25, 0.3) is 5.91 Å². The van der Waals surface area contributed by atoms with Gasteiger partial charge in [0, 0.05) is 62.1 Å². The Labute approximate surface area is 233 Å². The van der Waals surface area contributed by atoms with Crippen LogP contribution in [0.4, 0.5) is 13.2 Å².